The second-order valence-corrected chi connectivity index (χ2v) is 3.89. The number of nitrogens with two attached hydrogens (primary N) is 1. The Balaban J connectivity index is 2.70. The number of anilines is 1. The molecule has 0 spiro atoms. The lowest BCUT2D eigenvalue weighted by Crippen LogP contribution is -2.03. The summed E-state index contributed by atoms with van der Waals surface area (Å²) >= 11 is 0. The van der Waals surface area contributed by atoms with Gasteiger partial charge in [0.15, 0.2) is 0 Å². The number of carbonyl (C=O) groups excluding carboxylic acids is 1. The normalized spacial score (nSPS) is 10.6. The van der Waals surface area contributed by atoms with Crippen LogP contribution in [0, 0.1) is 0 Å². The first-order valence-corrected chi connectivity index (χ1v) is 5.11. The summed E-state index contributed by atoms with van der Waals surface area (Å²) in [4.78, 5) is 22.2. The van der Waals surface area contributed by atoms with Crippen molar-refractivity contribution in [2.24, 2.45) is 0 Å². The monoisotopic (exact) mass is 232 g/mol. The van der Waals surface area contributed by atoms with Crippen LogP contribution in [0.4, 0.5) is 5.69 Å². The van der Waals surface area contributed by atoms with E-state index in [1.54, 1.807) is 24.4 Å². The highest BCUT2D eigenvalue weighted by molar-refractivity contribution is 5.96. The second kappa shape index (κ2) is 3.93. The van der Waals surface area contributed by atoms with Crippen LogP contribution in [0.25, 0.3) is 10.9 Å². The SMILES string of the molecule is CC(=O)n1cc(CC(=O)O)c2cc(N)ccc21. The summed E-state index contributed by atoms with van der Waals surface area (Å²) in [6.07, 6.45) is 1.43. The van der Waals surface area contributed by atoms with E-state index in [0.29, 0.717) is 22.2 Å². The number of carbonyl (C=O) groups is 2. The second-order valence-electron chi connectivity index (χ2n) is 3.89. The summed E-state index contributed by atoms with van der Waals surface area (Å²) in [5.74, 6) is -1.09. The predicted octanol–water partition coefficient (Wildman–Crippen LogP) is 1.51. The highest BCUT2D eigenvalue weighted by atomic mass is 16.4. The van der Waals surface area contributed by atoms with Gasteiger partial charge in [-0.1, -0.05) is 0 Å². The maximum atomic E-state index is 11.4. The summed E-state index contributed by atoms with van der Waals surface area (Å²) in [6.45, 7) is 1.43. The van der Waals surface area contributed by atoms with Crippen molar-refractivity contribution in [1.82, 2.24) is 4.57 Å². The molecule has 0 radical (unpaired) electrons. The van der Waals surface area contributed by atoms with Gasteiger partial charge in [0.2, 0.25) is 5.91 Å². The Hall–Kier alpha value is -2.30. The van der Waals surface area contributed by atoms with Crippen LogP contribution in [-0.2, 0) is 11.2 Å². The number of fused-ring (bicyclic) bond motifs is 1. The Morgan fingerprint density at radius 2 is 2.12 bits per heavy atom. The number of nitrogen functional groups attached to an aromatic ring is 1. The molecule has 0 atom stereocenters. The standard InChI is InChI=1S/C12H12N2O3/c1-7(15)14-6-8(4-12(16)17)10-5-9(13)2-3-11(10)14/h2-3,5-6H,4,13H2,1H3,(H,16,17). The van der Waals surface area contributed by atoms with Crippen LogP contribution < -0.4 is 5.73 Å². The number of rotatable bonds is 2. The average Bonchev–Trinajstić information content (AvgIpc) is 2.56. The van der Waals surface area contributed by atoms with Gasteiger partial charge in [-0.05, 0) is 23.8 Å². The molecule has 2 rings (SSSR count). The molecule has 1 aromatic heterocycles. The molecule has 0 aliphatic rings. The minimum Gasteiger partial charge on any atom is -0.481 e. The molecule has 0 aliphatic carbocycles. The van der Waals surface area contributed by atoms with E-state index in [1.807, 2.05) is 0 Å². The lowest BCUT2D eigenvalue weighted by atomic mass is 10.1. The minimum absolute atomic E-state index is 0.125. The summed E-state index contributed by atoms with van der Waals surface area (Å²) in [5, 5.41) is 9.53. The van der Waals surface area contributed by atoms with Gasteiger partial charge in [0.05, 0.1) is 11.9 Å². The van der Waals surface area contributed by atoms with Gasteiger partial charge in [0.1, 0.15) is 0 Å². The van der Waals surface area contributed by atoms with Crippen molar-refractivity contribution in [2.75, 3.05) is 5.73 Å². The Kier molecular flexibility index (Phi) is 2.59. The van der Waals surface area contributed by atoms with Crippen LogP contribution >= 0.6 is 0 Å². The third kappa shape index (κ3) is 1.99. The Labute approximate surface area is 97.4 Å². The molecule has 2 aromatic rings. The van der Waals surface area contributed by atoms with E-state index in [-0.39, 0.29) is 12.3 Å². The number of carboxylic acids is 1. The number of aliphatic carboxylic acids is 1. The fraction of sp³-hybridized carbons (Fsp3) is 0.167. The van der Waals surface area contributed by atoms with Gasteiger partial charge < -0.3 is 10.8 Å². The first-order chi connectivity index (χ1) is 7.99. The quantitative estimate of drug-likeness (QED) is 0.768. The van der Waals surface area contributed by atoms with Crippen LogP contribution in [0.2, 0.25) is 0 Å². The van der Waals surface area contributed by atoms with E-state index in [1.165, 1.54) is 11.5 Å². The van der Waals surface area contributed by atoms with Crippen molar-refractivity contribution < 1.29 is 14.7 Å². The predicted molar refractivity (Wildman–Crippen MR) is 64.0 cm³/mol. The highest BCUT2D eigenvalue weighted by Crippen LogP contribution is 2.24. The maximum absolute atomic E-state index is 11.4. The fourth-order valence-electron chi connectivity index (χ4n) is 1.88. The zero-order valence-corrected chi connectivity index (χ0v) is 9.30. The number of benzene rings is 1. The summed E-state index contributed by atoms with van der Waals surface area (Å²) < 4.78 is 1.44. The summed E-state index contributed by atoms with van der Waals surface area (Å²) in [7, 11) is 0. The van der Waals surface area contributed by atoms with Gasteiger partial charge >= 0.3 is 5.97 Å². The molecule has 3 N–H and O–H groups in total. The van der Waals surface area contributed by atoms with E-state index < -0.39 is 5.97 Å². The molecule has 5 nitrogen and oxygen atoms in total. The molecule has 0 amide bonds. The molecular weight excluding hydrogens is 220 g/mol. The summed E-state index contributed by atoms with van der Waals surface area (Å²) in [5.41, 5.74) is 7.49. The average molecular weight is 232 g/mol. The van der Waals surface area contributed by atoms with Crippen molar-refractivity contribution in [3.8, 4) is 0 Å². The third-order valence-corrected chi connectivity index (χ3v) is 2.59. The van der Waals surface area contributed by atoms with Crippen molar-refractivity contribution in [2.45, 2.75) is 13.3 Å². The van der Waals surface area contributed by atoms with E-state index in [4.69, 9.17) is 10.8 Å². The van der Waals surface area contributed by atoms with Crippen molar-refractivity contribution in [3.63, 3.8) is 0 Å². The molecule has 0 fully saturated rings. The van der Waals surface area contributed by atoms with Crippen molar-refractivity contribution in [1.29, 1.82) is 0 Å². The zero-order valence-electron chi connectivity index (χ0n) is 9.30. The molecule has 0 bridgehead atoms. The molecule has 0 unspecified atom stereocenters. The van der Waals surface area contributed by atoms with E-state index in [2.05, 4.69) is 0 Å². The molecule has 1 aromatic carbocycles. The Morgan fingerprint density at radius 1 is 1.41 bits per heavy atom. The van der Waals surface area contributed by atoms with E-state index in [9.17, 15) is 9.59 Å². The molecule has 5 heteroatoms. The summed E-state index contributed by atoms with van der Waals surface area (Å²) in [6, 6.07) is 5.09. The molecule has 88 valence electrons. The smallest absolute Gasteiger partial charge is 0.307 e. The van der Waals surface area contributed by atoms with Crippen molar-refractivity contribution in [3.05, 3.63) is 30.0 Å². The zero-order chi connectivity index (χ0) is 12.6. The van der Waals surface area contributed by atoms with Crippen LogP contribution in [0.3, 0.4) is 0 Å². The minimum atomic E-state index is -0.935. The number of hydrogen-bond donors (Lipinski definition) is 2. The van der Waals surface area contributed by atoms with Gasteiger partial charge in [-0.3, -0.25) is 14.2 Å². The van der Waals surface area contributed by atoms with Gasteiger partial charge in [0.25, 0.3) is 0 Å². The van der Waals surface area contributed by atoms with Gasteiger partial charge in [-0.15, -0.1) is 0 Å². The molecule has 0 saturated heterocycles. The molecular formula is C12H12N2O3. The Morgan fingerprint density at radius 3 is 2.71 bits per heavy atom. The van der Waals surface area contributed by atoms with Gasteiger partial charge in [-0.2, -0.15) is 0 Å². The van der Waals surface area contributed by atoms with Gasteiger partial charge in [0, 0.05) is 24.2 Å². The molecule has 1 heterocycles. The van der Waals surface area contributed by atoms with Gasteiger partial charge in [-0.25, -0.2) is 0 Å². The molecule has 17 heavy (non-hydrogen) atoms. The van der Waals surface area contributed by atoms with Crippen LogP contribution in [0.15, 0.2) is 24.4 Å². The van der Waals surface area contributed by atoms with E-state index in [0.717, 1.165) is 0 Å². The van der Waals surface area contributed by atoms with Crippen LogP contribution in [0.1, 0.15) is 17.3 Å². The topological polar surface area (TPSA) is 85.3 Å². The maximum Gasteiger partial charge on any atom is 0.307 e. The number of aromatic nitrogens is 1. The number of hydrogen-bond acceptors (Lipinski definition) is 3. The number of nitrogens with zero attached hydrogens (tertiary/aromatic N) is 1. The van der Waals surface area contributed by atoms with Crippen LogP contribution in [0.5, 0.6) is 0 Å². The fourth-order valence-corrected chi connectivity index (χ4v) is 1.88. The lowest BCUT2D eigenvalue weighted by Gasteiger charge is -1.99. The first kappa shape index (κ1) is 11.2. The molecule has 0 aliphatic heterocycles. The Bertz CT molecular complexity index is 613. The van der Waals surface area contributed by atoms with E-state index >= 15 is 0 Å². The van der Waals surface area contributed by atoms with Crippen LogP contribution in [-0.4, -0.2) is 21.6 Å². The lowest BCUT2D eigenvalue weighted by molar-refractivity contribution is -0.136. The van der Waals surface area contributed by atoms with Crippen molar-refractivity contribution >= 4 is 28.5 Å². The highest BCUT2D eigenvalue weighted by Gasteiger charge is 2.13. The number of carboxylic acid groups (broad SMARTS) is 1. The molecule has 0 saturated carbocycles. The third-order valence-electron chi connectivity index (χ3n) is 2.59. The first-order valence-electron chi connectivity index (χ1n) is 5.11. The largest absolute Gasteiger partial charge is 0.481 e.